The van der Waals surface area contributed by atoms with Crippen molar-refractivity contribution in [1.82, 2.24) is 15.1 Å². The molecule has 1 atom stereocenters. The van der Waals surface area contributed by atoms with Crippen LogP contribution in [0.3, 0.4) is 0 Å². The number of benzene rings is 1. The van der Waals surface area contributed by atoms with Crippen molar-refractivity contribution in [2.45, 2.75) is 24.0 Å². The Morgan fingerprint density at radius 3 is 2.68 bits per heavy atom. The highest BCUT2D eigenvalue weighted by Crippen LogP contribution is 2.37. The Kier molecular flexibility index (Phi) is 4.72. The summed E-state index contributed by atoms with van der Waals surface area (Å²) < 4.78 is 38.9. The molecule has 0 bridgehead atoms. The number of carbonyl (C=O) groups excluding carboxylic acids is 1. The van der Waals surface area contributed by atoms with E-state index in [0.717, 1.165) is 28.8 Å². The first-order chi connectivity index (χ1) is 13.3. The Balaban J connectivity index is 1.51. The van der Waals surface area contributed by atoms with E-state index in [0.29, 0.717) is 15.4 Å². The van der Waals surface area contributed by atoms with Gasteiger partial charge in [-0.2, -0.15) is 5.10 Å². The summed E-state index contributed by atoms with van der Waals surface area (Å²) in [6.45, 7) is 4.21. The molecule has 6 nitrogen and oxygen atoms in total. The van der Waals surface area contributed by atoms with Crippen LogP contribution >= 0.6 is 11.3 Å². The number of anilines is 1. The highest BCUT2D eigenvalue weighted by atomic mass is 32.2. The Bertz CT molecular complexity index is 1100. The summed E-state index contributed by atoms with van der Waals surface area (Å²) in [5, 5.41) is 8.57. The van der Waals surface area contributed by atoms with Crippen molar-refractivity contribution >= 4 is 44.3 Å². The molecule has 0 aliphatic carbocycles. The third-order valence-corrected chi connectivity index (χ3v) is 7.59. The molecule has 0 spiro atoms. The molecule has 10 heteroatoms. The zero-order valence-corrected chi connectivity index (χ0v) is 16.7. The van der Waals surface area contributed by atoms with Crippen LogP contribution in [0.1, 0.15) is 20.9 Å². The van der Waals surface area contributed by atoms with Gasteiger partial charge in [-0.25, -0.2) is 8.78 Å². The van der Waals surface area contributed by atoms with Gasteiger partial charge in [-0.3, -0.25) is 4.79 Å². The number of aromatic nitrogens is 2. The average Bonchev–Trinajstić information content (AvgIpc) is 2.96. The quantitative estimate of drug-likeness (QED) is 0.655. The van der Waals surface area contributed by atoms with E-state index >= 15 is 0 Å². The fourth-order valence-electron chi connectivity index (χ4n) is 3.08. The zero-order valence-electron chi connectivity index (χ0n) is 15.0. The van der Waals surface area contributed by atoms with E-state index in [1.165, 1.54) is 17.4 Å². The lowest BCUT2D eigenvalue weighted by atomic mass is 10.1. The van der Waals surface area contributed by atoms with E-state index < -0.39 is 22.8 Å². The SMILES string of the molecule is Cc1nnc2sc(C(=O)N3CC([S+]([O-])c4ccc(F)c(F)c4)C3)c(N)c2c1C. The summed E-state index contributed by atoms with van der Waals surface area (Å²) in [5.41, 5.74) is 8.22. The summed E-state index contributed by atoms with van der Waals surface area (Å²) in [7, 11) is 0. The van der Waals surface area contributed by atoms with E-state index in [9.17, 15) is 18.1 Å². The first kappa shape index (κ1) is 19.0. The van der Waals surface area contributed by atoms with Crippen LogP contribution in [-0.4, -0.2) is 43.9 Å². The van der Waals surface area contributed by atoms with Gasteiger partial charge in [0.25, 0.3) is 5.91 Å². The van der Waals surface area contributed by atoms with Crippen LogP contribution in [0.2, 0.25) is 0 Å². The fraction of sp³-hybridized carbons (Fsp3) is 0.278. The molecule has 2 aromatic heterocycles. The maximum atomic E-state index is 13.4. The minimum absolute atomic E-state index is 0.207. The number of halogens is 2. The number of hydrogen-bond donors (Lipinski definition) is 1. The van der Waals surface area contributed by atoms with Crippen molar-refractivity contribution in [3.63, 3.8) is 0 Å². The van der Waals surface area contributed by atoms with E-state index in [4.69, 9.17) is 5.73 Å². The van der Waals surface area contributed by atoms with Crippen LogP contribution < -0.4 is 5.73 Å². The van der Waals surface area contributed by atoms with E-state index in [1.807, 2.05) is 13.8 Å². The van der Waals surface area contributed by atoms with Crippen molar-refractivity contribution in [2.75, 3.05) is 18.8 Å². The van der Waals surface area contributed by atoms with Crippen molar-refractivity contribution in [2.24, 2.45) is 0 Å². The monoisotopic (exact) mass is 422 g/mol. The molecule has 4 rings (SSSR count). The predicted octanol–water partition coefficient (Wildman–Crippen LogP) is 2.80. The number of likely N-dealkylation sites (tertiary alicyclic amines) is 1. The second-order valence-corrected chi connectivity index (χ2v) is 9.37. The van der Waals surface area contributed by atoms with Crippen LogP contribution in [0.15, 0.2) is 23.1 Å². The number of hydrogen-bond acceptors (Lipinski definition) is 6. The molecule has 0 saturated carbocycles. The zero-order chi connectivity index (χ0) is 20.2. The third-order valence-electron chi connectivity index (χ3n) is 4.89. The van der Waals surface area contributed by atoms with Crippen molar-refractivity contribution in [3.8, 4) is 0 Å². The molecule has 3 heterocycles. The number of aryl methyl sites for hydroxylation is 2. The van der Waals surface area contributed by atoms with E-state index in [-0.39, 0.29) is 29.1 Å². The molecule has 1 saturated heterocycles. The summed E-state index contributed by atoms with van der Waals surface area (Å²) >= 11 is -0.346. The number of amides is 1. The highest BCUT2D eigenvalue weighted by molar-refractivity contribution is 7.92. The molecular weight excluding hydrogens is 406 g/mol. The van der Waals surface area contributed by atoms with Crippen LogP contribution in [0.5, 0.6) is 0 Å². The molecule has 28 heavy (non-hydrogen) atoms. The van der Waals surface area contributed by atoms with Gasteiger partial charge in [0.2, 0.25) is 0 Å². The summed E-state index contributed by atoms with van der Waals surface area (Å²) in [5.74, 6) is -2.28. The van der Waals surface area contributed by atoms with Crippen molar-refractivity contribution < 1.29 is 18.1 Å². The number of nitrogens with two attached hydrogens (primary N) is 1. The number of fused-ring (bicyclic) bond motifs is 1. The van der Waals surface area contributed by atoms with Gasteiger partial charge in [-0.05, 0) is 42.7 Å². The van der Waals surface area contributed by atoms with Crippen LogP contribution in [-0.2, 0) is 11.2 Å². The van der Waals surface area contributed by atoms with E-state index in [1.54, 1.807) is 4.90 Å². The maximum Gasteiger partial charge on any atom is 0.266 e. The summed E-state index contributed by atoms with van der Waals surface area (Å²) in [4.78, 5) is 15.6. The molecule has 1 amide bonds. The van der Waals surface area contributed by atoms with Gasteiger partial charge >= 0.3 is 0 Å². The Morgan fingerprint density at radius 1 is 1.29 bits per heavy atom. The first-order valence-corrected chi connectivity index (χ1v) is 10.5. The van der Waals surface area contributed by atoms with E-state index in [2.05, 4.69) is 10.2 Å². The normalized spacial score (nSPS) is 15.7. The molecule has 146 valence electrons. The Morgan fingerprint density at radius 2 is 2.00 bits per heavy atom. The van der Waals surface area contributed by atoms with Gasteiger partial charge in [-0.15, -0.1) is 16.4 Å². The fourth-order valence-corrected chi connectivity index (χ4v) is 5.58. The number of carbonyl (C=O) groups is 1. The smallest absolute Gasteiger partial charge is 0.266 e. The summed E-state index contributed by atoms with van der Waals surface area (Å²) in [6, 6.07) is 3.18. The Hall–Kier alpha value is -2.30. The van der Waals surface area contributed by atoms with Gasteiger partial charge in [0.15, 0.2) is 21.8 Å². The molecule has 1 unspecified atom stereocenters. The number of nitrogens with zero attached hydrogens (tertiary/aromatic N) is 3. The van der Waals surface area contributed by atoms with Gasteiger partial charge in [0.1, 0.15) is 9.71 Å². The molecule has 3 aromatic rings. The Labute approximate surface area is 166 Å². The topological polar surface area (TPSA) is 95.2 Å². The standard InChI is InChI=1S/C18H16F2N4O2S2/c1-8-9(2)22-23-17-14(8)15(21)16(27-17)18(25)24-6-11(7-24)28(26)10-3-4-12(19)13(20)5-10/h3-5,11H,6-7,21H2,1-2H3. The lowest BCUT2D eigenvalue weighted by molar-refractivity contribution is 0.0665. The van der Waals surface area contributed by atoms with Crippen molar-refractivity contribution in [1.29, 1.82) is 0 Å². The minimum atomic E-state index is -1.53. The molecular formula is C18H16F2N4O2S2. The maximum absolute atomic E-state index is 13.4. The van der Waals surface area contributed by atoms with Gasteiger partial charge < -0.3 is 15.2 Å². The van der Waals surface area contributed by atoms with Crippen LogP contribution in [0, 0.1) is 25.5 Å². The number of nitrogen functional groups attached to an aromatic ring is 1. The lowest BCUT2D eigenvalue weighted by Crippen LogP contribution is -2.56. The molecule has 1 fully saturated rings. The number of rotatable bonds is 3. The molecule has 2 N–H and O–H groups in total. The molecule has 1 aliphatic heterocycles. The van der Waals surface area contributed by atoms with Gasteiger partial charge in [-0.1, -0.05) is 0 Å². The highest BCUT2D eigenvalue weighted by Gasteiger charge is 2.41. The second-order valence-electron chi connectivity index (χ2n) is 6.64. The number of thiophene rings is 1. The first-order valence-electron chi connectivity index (χ1n) is 8.44. The van der Waals surface area contributed by atoms with Crippen molar-refractivity contribution in [3.05, 3.63) is 46.0 Å². The summed E-state index contributed by atoms with van der Waals surface area (Å²) in [6.07, 6.45) is 0. The van der Waals surface area contributed by atoms with Crippen LogP contribution in [0.4, 0.5) is 14.5 Å². The molecule has 1 aliphatic rings. The second kappa shape index (κ2) is 6.94. The largest absolute Gasteiger partial charge is 0.611 e. The lowest BCUT2D eigenvalue weighted by Gasteiger charge is -2.38. The average molecular weight is 422 g/mol. The van der Waals surface area contributed by atoms with Crippen LogP contribution in [0.25, 0.3) is 10.2 Å². The molecule has 0 radical (unpaired) electrons. The predicted molar refractivity (Wildman–Crippen MR) is 104 cm³/mol. The minimum Gasteiger partial charge on any atom is -0.611 e. The van der Waals surface area contributed by atoms with Gasteiger partial charge in [0, 0.05) is 11.5 Å². The third kappa shape index (κ3) is 3.01. The molecule has 1 aromatic carbocycles. The van der Waals surface area contributed by atoms with Gasteiger partial charge in [0.05, 0.1) is 24.5 Å².